The predicted octanol–water partition coefficient (Wildman–Crippen LogP) is 5.10. The summed E-state index contributed by atoms with van der Waals surface area (Å²) in [4.78, 5) is 34.5. The monoisotopic (exact) mass is 480 g/mol. The quantitative estimate of drug-likeness (QED) is 0.364. The Hall–Kier alpha value is -3.04. The molecule has 4 aromatic heterocycles. The van der Waals surface area contributed by atoms with Crippen molar-refractivity contribution in [3.05, 3.63) is 41.1 Å². The van der Waals surface area contributed by atoms with E-state index in [1.165, 1.54) is 6.20 Å². The maximum atomic E-state index is 12.1. The Morgan fingerprint density at radius 3 is 2.76 bits per heavy atom. The molecule has 0 amide bonds. The van der Waals surface area contributed by atoms with Gasteiger partial charge in [-0.1, -0.05) is 17.7 Å². The van der Waals surface area contributed by atoms with Crippen molar-refractivity contribution in [2.45, 2.75) is 31.7 Å². The predicted molar refractivity (Wildman–Crippen MR) is 127 cm³/mol. The van der Waals surface area contributed by atoms with Crippen molar-refractivity contribution in [2.24, 2.45) is 17.8 Å². The van der Waals surface area contributed by atoms with Gasteiger partial charge in [-0.05, 0) is 49.0 Å². The maximum Gasteiger partial charge on any atom is 0.308 e. The van der Waals surface area contributed by atoms with Gasteiger partial charge in [0.2, 0.25) is 0 Å². The number of fused-ring (bicyclic) bond motifs is 4. The van der Waals surface area contributed by atoms with Gasteiger partial charge in [0.15, 0.2) is 11.5 Å². The number of aromatic nitrogens is 5. The number of hydrogen-bond acceptors (Lipinski definition) is 7. The van der Waals surface area contributed by atoms with Gasteiger partial charge < -0.3 is 15.4 Å². The van der Waals surface area contributed by atoms with Crippen LogP contribution in [-0.4, -0.2) is 42.0 Å². The molecule has 0 saturated heterocycles. The summed E-state index contributed by atoms with van der Waals surface area (Å²) in [6.07, 6.45) is 7.36. The first kappa shape index (κ1) is 20.6. The van der Waals surface area contributed by atoms with Crippen molar-refractivity contribution in [2.75, 3.05) is 5.32 Å². The first-order valence-electron chi connectivity index (χ1n) is 11.0. The summed E-state index contributed by atoms with van der Waals surface area (Å²) in [5, 5.41) is 15.8. The lowest BCUT2D eigenvalue weighted by Crippen LogP contribution is -2.51. The number of aromatic amines is 1. The Kier molecular flexibility index (Phi) is 5.03. The van der Waals surface area contributed by atoms with Crippen LogP contribution in [-0.2, 0) is 4.79 Å². The largest absolute Gasteiger partial charge is 0.481 e. The smallest absolute Gasteiger partial charge is 0.308 e. The molecule has 168 valence electrons. The van der Waals surface area contributed by atoms with E-state index in [9.17, 15) is 9.90 Å². The summed E-state index contributed by atoms with van der Waals surface area (Å²) in [5.74, 6) is 0.525. The molecule has 3 aliphatic rings. The number of anilines is 1. The Bertz CT molecular complexity index is 1330. The highest BCUT2D eigenvalue weighted by Crippen LogP contribution is 2.46. The number of rotatable bonds is 5. The van der Waals surface area contributed by atoms with E-state index in [0.717, 1.165) is 36.3 Å². The summed E-state index contributed by atoms with van der Waals surface area (Å²) in [6, 6.07) is 5.75. The standard InChI is InChI=1S/C23H21ClN6O2S/c24-16-10-26-22-20(28-16)13(9-25-22)21-27-14(15-2-1-7-33-15)8-17(30-21)29-19-12-5-3-11(4-6-12)18(19)23(31)32/h1-2,7-12,18-19H,3-6H2,(H,25,26)(H,31,32)(H,27,29,30)/t11?,12?,18-,19-/m1/s1. The van der Waals surface area contributed by atoms with Crippen LogP contribution in [0.15, 0.2) is 36.0 Å². The zero-order valence-electron chi connectivity index (χ0n) is 17.5. The van der Waals surface area contributed by atoms with E-state index in [4.69, 9.17) is 21.6 Å². The van der Waals surface area contributed by atoms with Crippen LogP contribution in [0.5, 0.6) is 0 Å². The van der Waals surface area contributed by atoms with E-state index >= 15 is 0 Å². The topological polar surface area (TPSA) is 117 Å². The minimum absolute atomic E-state index is 0.147. The molecular weight excluding hydrogens is 460 g/mol. The van der Waals surface area contributed by atoms with E-state index in [1.54, 1.807) is 17.5 Å². The highest BCUT2D eigenvalue weighted by atomic mass is 35.5. The van der Waals surface area contributed by atoms with Crippen molar-refractivity contribution < 1.29 is 9.90 Å². The Morgan fingerprint density at radius 1 is 1.18 bits per heavy atom. The number of halogens is 1. The van der Waals surface area contributed by atoms with Crippen LogP contribution in [0.25, 0.3) is 33.1 Å². The number of carboxylic acids is 1. The lowest BCUT2D eigenvalue weighted by Gasteiger charge is -2.47. The highest BCUT2D eigenvalue weighted by Gasteiger charge is 2.47. The fraction of sp³-hybridized carbons (Fsp3) is 0.348. The molecule has 10 heteroatoms. The van der Waals surface area contributed by atoms with Crippen LogP contribution in [0.3, 0.4) is 0 Å². The van der Waals surface area contributed by atoms with Crippen LogP contribution in [0, 0.1) is 17.8 Å². The van der Waals surface area contributed by atoms with Gasteiger partial charge in [-0.3, -0.25) is 4.79 Å². The zero-order valence-corrected chi connectivity index (χ0v) is 19.1. The SMILES string of the molecule is O=C(O)[C@@H]1C2CCC(CC2)[C@H]1Nc1cc(-c2cccs2)nc(-c2c[nH]c3ncc(Cl)nc23)n1. The minimum atomic E-state index is -0.726. The van der Waals surface area contributed by atoms with Crippen molar-refractivity contribution in [1.82, 2.24) is 24.9 Å². The summed E-state index contributed by atoms with van der Waals surface area (Å²) < 4.78 is 0. The van der Waals surface area contributed by atoms with Gasteiger partial charge in [0.25, 0.3) is 0 Å². The molecule has 0 spiro atoms. The third-order valence-electron chi connectivity index (χ3n) is 6.91. The number of carbonyl (C=O) groups is 1. The average Bonchev–Trinajstić information content (AvgIpc) is 3.49. The normalized spacial score (nSPS) is 24.3. The van der Waals surface area contributed by atoms with Gasteiger partial charge >= 0.3 is 5.97 Å². The molecule has 0 unspecified atom stereocenters. The lowest BCUT2D eigenvalue weighted by molar-refractivity contribution is -0.148. The van der Waals surface area contributed by atoms with Gasteiger partial charge in [-0.25, -0.2) is 19.9 Å². The molecule has 4 aromatic rings. The molecule has 8 nitrogen and oxygen atoms in total. The molecular formula is C23H21ClN6O2S. The number of hydrogen-bond donors (Lipinski definition) is 3. The maximum absolute atomic E-state index is 12.1. The molecule has 3 saturated carbocycles. The molecule has 4 heterocycles. The second-order valence-corrected chi connectivity index (χ2v) is 10.1. The zero-order chi connectivity index (χ0) is 22.5. The molecule has 0 radical (unpaired) electrons. The van der Waals surface area contributed by atoms with Crippen molar-refractivity contribution in [1.29, 1.82) is 0 Å². The van der Waals surface area contributed by atoms with E-state index in [-0.39, 0.29) is 12.0 Å². The fourth-order valence-corrected chi connectivity index (χ4v) is 6.24. The first-order chi connectivity index (χ1) is 16.1. The molecule has 2 bridgehead atoms. The molecule has 3 aliphatic carbocycles. The van der Waals surface area contributed by atoms with Crippen molar-refractivity contribution in [3.63, 3.8) is 0 Å². The van der Waals surface area contributed by atoms with Gasteiger partial charge in [0.1, 0.15) is 16.5 Å². The van der Waals surface area contributed by atoms with Crippen LogP contribution in [0.1, 0.15) is 25.7 Å². The number of aliphatic carboxylic acids is 1. The molecule has 2 atom stereocenters. The Morgan fingerprint density at radius 2 is 2.00 bits per heavy atom. The summed E-state index contributed by atoms with van der Waals surface area (Å²) in [6.45, 7) is 0. The summed E-state index contributed by atoms with van der Waals surface area (Å²) in [7, 11) is 0. The van der Waals surface area contributed by atoms with E-state index in [0.29, 0.717) is 39.4 Å². The fourth-order valence-electron chi connectivity index (χ4n) is 5.42. The second kappa shape index (κ2) is 8.07. The molecule has 33 heavy (non-hydrogen) atoms. The lowest BCUT2D eigenvalue weighted by atomic mass is 9.61. The number of nitrogens with one attached hydrogen (secondary N) is 2. The van der Waals surface area contributed by atoms with Crippen LogP contribution >= 0.6 is 22.9 Å². The van der Waals surface area contributed by atoms with Crippen LogP contribution in [0.4, 0.5) is 5.82 Å². The summed E-state index contributed by atoms with van der Waals surface area (Å²) >= 11 is 7.69. The minimum Gasteiger partial charge on any atom is -0.481 e. The molecule has 3 fully saturated rings. The van der Waals surface area contributed by atoms with E-state index in [1.807, 2.05) is 23.6 Å². The Labute approximate surface area is 198 Å². The number of carboxylic acid groups (broad SMARTS) is 1. The molecule has 7 rings (SSSR count). The molecule has 0 aliphatic heterocycles. The number of nitrogens with zero attached hydrogens (tertiary/aromatic N) is 4. The van der Waals surface area contributed by atoms with E-state index in [2.05, 4.69) is 20.3 Å². The highest BCUT2D eigenvalue weighted by molar-refractivity contribution is 7.13. The van der Waals surface area contributed by atoms with Crippen molar-refractivity contribution >= 4 is 45.9 Å². The first-order valence-corrected chi connectivity index (χ1v) is 12.2. The third-order valence-corrected chi connectivity index (χ3v) is 7.99. The van der Waals surface area contributed by atoms with Gasteiger partial charge in [0, 0.05) is 18.3 Å². The number of thiophene rings is 1. The molecule has 0 aromatic carbocycles. The van der Waals surface area contributed by atoms with Gasteiger partial charge in [0.05, 0.1) is 28.2 Å². The van der Waals surface area contributed by atoms with Crippen LogP contribution < -0.4 is 5.32 Å². The molecule has 3 N–H and O–H groups in total. The number of H-pyrrole nitrogens is 1. The second-order valence-electron chi connectivity index (χ2n) is 8.74. The third kappa shape index (κ3) is 3.65. The van der Waals surface area contributed by atoms with Gasteiger partial charge in [-0.2, -0.15) is 0 Å². The van der Waals surface area contributed by atoms with Crippen molar-refractivity contribution in [3.8, 4) is 22.0 Å². The Balaban J connectivity index is 1.45. The van der Waals surface area contributed by atoms with Gasteiger partial charge in [-0.15, -0.1) is 11.3 Å². The summed E-state index contributed by atoms with van der Waals surface area (Å²) in [5.41, 5.74) is 2.66. The average molecular weight is 481 g/mol. The van der Waals surface area contributed by atoms with Crippen LogP contribution in [0.2, 0.25) is 5.15 Å². The van der Waals surface area contributed by atoms with E-state index < -0.39 is 11.9 Å².